The van der Waals surface area contributed by atoms with Gasteiger partial charge in [-0.3, -0.25) is 4.40 Å². The number of benzene rings is 1. The third-order valence-corrected chi connectivity index (χ3v) is 4.42. The van der Waals surface area contributed by atoms with Gasteiger partial charge in [0, 0.05) is 16.2 Å². The van der Waals surface area contributed by atoms with E-state index in [1.807, 2.05) is 0 Å². The summed E-state index contributed by atoms with van der Waals surface area (Å²) in [5.74, 6) is 0. The Morgan fingerprint density at radius 1 is 1.16 bits per heavy atom. The van der Waals surface area contributed by atoms with E-state index in [0.29, 0.717) is 0 Å². The molecule has 0 N–H and O–H groups in total. The van der Waals surface area contributed by atoms with Gasteiger partial charge in [-0.25, -0.2) is 4.98 Å². The highest BCUT2D eigenvalue weighted by atomic mass is 79.9. The van der Waals surface area contributed by atoms with Crippen LogP contribution in [0.3, 0.4) is 0 Å². The molecule has 0 unspecified atom stereocenters. The van der Waals surface area contributed by atoms with Crippen LogP contribution < -0.4 is 0 Å². The number of aromatic nitrogens is 2. The molecule has 2 nitrogen and oxygen atoms in total. The first-order chi connectivity index (χ1) is 9.20. The molecule has 2 heterocycles. The van der Waals surface area contributed by atoms with Gasteiger partial charge in [0.15, 0.2) is 0 Å². The molecule has 0 bridgehead atoms. The van der Waals surface area contributed by atoms with Gasteiger partial charge in [-0.15, -0.1) is 11.8 Å². The highest BCUT2D eigenvalue weighted by molar-refractivity contribution is 9.10. The van der Waals surface area contributed by atoms with Gasteiger partial charge in [-0.05, 0) is 36.9 Å². The molecular formula is C15H13BrN2S. The molecule has 4 heteroatoms. The number of rotatable bonds is 2. The van der Waals surface area contributed by atoms with Gasteiger partial charge in [0.2, 0.25) is 0 Å². The number of hydrogen-bond donors (Lipinski definition) is 0. The first-order valence-corrected chi connectivity index (χ1v) is 8.00. The number of pyridine rings is 1. The van der Waals surface area contributed by atoms with Gasteiger partial charge in [-0.1, -0.05) is 34.1 Å². The minimum atomic E-state index is 1.03. The summed E-state index contributed by atoms with van der Waals surface area (Å²) in [6.45, 7) is 2.10. The molecular weight excluding hydrogens is 320 g/mol. The van der Waals surface area contributed by atoms with Gasteiger partial charge in [0.25, 0.3) is 0 Å². The number of thioether (sulfide) groups is 1. The molecule has 0 aliphatic rings. The molecule has 1 aromatic carbocycles. The zero-order chi connectivity index (χ0) is 13.4. The van der Waals surface area contributed by atoms with Crippen LogP contribution in [0.2, 0.25) is 0 Å². The van der Waals surface area contributed by atoms with Crippen LogP contribution in [0.5, 0.6) is 0 Å². The molecule has 0 fully saturated rings. The first kappa shape index (κ1) is 12.8. The summed E-state index contributed by atoms with van der Waals surface area (Å²) in [6.07, 6.45) is 4.16. The maximum Gasteiger partial charge on any atom is 0.141 e. The van der Waals surface area contributed by atoms with E-state index in [9.17, 15) is 0 Å². The van der Waals surface area contributed by atoms with E-state index in [-0.39, 0.29) is 0 Å². The average Bonchev–Trinajstić information content (AvgIpc) is 2.79. The molecule has 0 radical (unpaired) electrons. The van der Waals surface area contributed by atoms with E-state index in [4.69, 9.17) is 4.98 Å². The Hall–Kier alpha value is -1.26. The highest BCUT2D eigenvalue weighted by Gasteiger charge is 2.14. The maximum absolute atomic E-state index is 4.81. The number of fused-ring (bicyclic) bond motifs is 1. The van der Waals surface area contributed by atoms with Crippen molar-refractivity contribution < 1.29 is 0 Å². The van der Waals surface area contributed by atoms with Crippen molar-refractivity contribution in [3.63, 3.8) is 0 Å². The van der Waals surface area contributed by atoms with Crippen LogP contribution in [0.1, 0.15) is 5.56 Å². The molecule has 0 aliphatic heterocycles. The largest absolute Gasteiger partial charge is 0.294 e. The fourth-order valence-electron chi connectivity index (χ4n) is 2.17. The first-order valence-electron chi connectivity index (χ1n) is 5.98. The topological polar surface area (TPSA) is 17.3 Å². The lowest BCUT2D eigenvalue weighted by atomic mass is 10.2. The summed E-state index contributed by atoms with van der Waals surface area (Å²) in [5.41, 5.74) is 4.43. The summed E-state index contributed by atoms with van der Waals surface area (Å²) in [6, 6.07) is 12.5. The lowest BCUT2D eigenvalue weighted by Gasteiger charge is -2.02. The molecule has 3 rings (SSSR count). The molecule has 0 spiro atoms. The zero-order valence-corrected chi connectivity index (χ0v) is 13.1. The molecule has 0 saturated heterocycles. The van der Waals surface area contributed by atoms with Gasteiger partial charge in [0.05, 0.1) is 0 Å². The minimum absolute atomic E-state index is 1.03. The number of imidazole rings is 1. The third-order valence-electron chi connectivity index (χ3n) is 3.11. The van der Waals surface area contributed by atoms with Crippen LogP contribution in [0.4, 0.5) is 0 Å². The Balaban J connectivity index is 2.29. The Morgan fingerprint density at radius 2 is 1.89 bits per heavy atom. The Morgan fingerprint density at radius 3 is 2.58 bits per heavy atom. The van der Waals surface area contributed by atoms with Crippen molar-refractivity contribution in [2.24, 2.45) is 0 Å². The SMILES string of the molecule is CSc1c(-c2ccc(Br)cc2)nc2c(C)cccn12. The van der Waals surface area contributed by atoms with Crippen LogP contribution in [-0.2, 0) is 0 Å². The Bertz CT molecular complexity index is 732. The summed E-state index contributed by atoms with van der Waals surface area (Å²) >= 11 is 5.20. The lowest BCUT2D eigenvalue weighted by molar-refractivity contribution is 1.04. The predicted octanol–water partition coefficient (Wildman–Crippen LogP) is 4.79. The van der Waals surface area contributed by atoms with Crippen molar-refractivity contribution in [2.75, 3.05) is 6.26 Å². The van der Waals surface area contributed by atoms with Gasteiger partial charge in [0.1, 0.15) is 16.4 Å². The number of nitrogens with zero attached hydrogens (tertiary/aromatic N) is 2. The number of hydrogen-bond acceptors (Lipinski definition) is 2. The van der Waals surface area contributed by atoms with Crippen molar-refractivity contribution >= 4 is 33.3 Å². The molecule has 2 aromatic heterocycles. The summed E-state index contributed by atoms with van der Waals surface area (Å²) in [4.78, 5) is 4.81. The monoisotopic (exact) mass is 332 g/mol. The Kier molecular flexibility index (Phi) is 3.37. The molecule has 96 valence electrons. The van der Waals surface area contributed by atoms with Crippen molar-refractivity contribution in [3.8, 4) is 11.3 Å². The van der Waals surface area contributed by atoms with Gasteiger partial charge < -0.3 is 0 Å². The zero-order valence-electron chi connectivity index (χ0n) is 10.7. The smallest absolute Gasteiger partial charge is 0.141 e. The van der Waals surface area contributed by atoms with Crippen LogP contribution >= 0.6 is 27.7 Å². The van der Waals surface area contributed by atoms with E-state index in [1.54, 1.807) is 11.8 Å². The fourth-order valence-corrected chi connectivity index (χ4v) is 3.14. The second kappa shape index (κ2) is 5.02. The van der Waals surface area contributed by atoms with E-state index in [2.05, 4.69) is 76.1 Å². The van der Waals surface area contributed by atoms with Crippen LogP contribution in [0, 0.1) is 6.92 Å². The second-order valence-electron chi connectivity index (χ2n) is 4.36. The van der Waals surface area contributed by atoms with Gasteiger partial charge >= 0.3 is 0 Å². The molecule has 0 amide bonds. The maximum atomic E-state index is 4.81. The molecule has 0 atom stereocenters. The standard InChI is InChI=1S/C15H13BrN2S/c1-10-4-3-9-18-14(10)17-13(15(18)19-2)11-5-7-12(16)8-6-11/h3-9H,1-2H3. The van der Waals surface area contributed by atoms with Crippen LogP contribution in [0.15, 0.2) is 52.1 Å². The highest BCUT2D eigenvalue weighted by Crippen LogP contribution is 2.32. The molecule has 0 aliphatic carbocycles. The van der Waals surface area contributed by atoms with E-state index in [1.165, 1.54) is 10.6 Å². The average molecular weight is 333 g/mol. The van der Waals surface area contributed by atoms with Crippen LogP contribution in [-0.4, -0.2) is 15.6 Å². The third kappa shape index (κ3) is 2.19. The molecule has 19 heavy (non-hydrogen) atoms. The predicted molar refractivity (Wildman–Crippen MR) is 84.8 cm³/mol. The Labute approximate surface area is 125 Å². The normalized spacial score (nSPS) is 11.1. The van der Waals surface area contributed by atoms with Crippen molar-refractivity contribution in [3.05, 3.63) is 52.6 Å². The summed E-state index contributed by atoms with van der Waals surface area (Å²) in [7, 11) is 0. The number of halogens is 1. The van der Waals surface area contributed by atoms with Crippen molar-refractivity contribution in [2.45, 2.75) is 11.9 Å². The summed E-state index contributed by atoms with van der Waals surface area (Å²) < 4.78 is 3.25. The molecule has 0 saturated carbocycles. The second-order valence-corrected chi connectivity index (χ2v) is 6.07. The van der Waals surface area contributed by atoms with E-state index >= 15 is 0 Å². The lowest BCUT2D eigenvalue weighted by Crippen LogP contribution is -1.87. The number of aryl methyl sites for hydroxylation is 1. The van der Waals surface area contributed by atoms with Gasteiger partial charge in [-0.2, -0.15) is 0 Å². The fraction of sp³-hybridized carbons (Fsp3) is 0.133. The van der Waals surface area contributed by atoms with Crippen molar-refractivity contribution in [1.29, 1.82) is 0 Å². The van der Waals surface area contributed by atoms with Crippen LogP contribution in [0.25, 0.3) is 16.9 Å². The minimum Gasteiger partial charge on any atom is -0.294 e. The van der Waals surface area contributed by atoms with E-state index < -0.39 is 0 Å². The quantitative estimate of drug-likeness (QED) is 0.627. The van der Waals surface area contributed by atoms with Crippen molar-refractivity contribution in [1.82, 2.24) is 9.38 Å². The molecule has 3 aromatic rings. The summed E-state index contributed by atoms with van der Waals surface area (Å²) in [5, 5.41) is 1.18. The van der Waals surface area contributed by atoms with E-state index in [0.717, 1.165) is 21.4 Å².